The number of amides is 1. The summed E-state index contributed by atoms with van der Waals surface area (Å²) in [6, 6.07) is 0. The Kier molecular flexibility index (Phi) is 2.92. The predicted octanol–water partition coefficient (Wildman–Crippen LogP) is 1.63. The Balaban J connectivity index is 2.17. The van der Waals surface area contributed by atoms with Gasteiger partial charge in [-0.05, 0) is 33.6 Å². The summed E-state index contributed by atoms with van der Waals surface area (Å²) in [6.07, 6.45) is 4.12. The zero-order valence-corrected chi connectivity index (χ0v) is 10.8. The summed E-state index contributed by atoms with van der Waals surface area (Å²) in [5.41, 5.74) is -0.695. The van der Waals surface area contributed by atoms with Gasteiger partial charge in [-0.25, -0.2) is 0 Å². The summed E-state index contributed by atoms with van der Waals surface area (Å²) in [4.78, 5) is 24.0. The zero-order chi connectivity index (χ0) is 12.7. The molecule has 1 saturated carbocycles. The van der Waals surface area contributed by atoms with Gasteiger partial charge in [-0.2, -0.15) is 0 Å². The highest BCUT2D eigenvalue weighted by Crippen LogP contribution is 2.47. The van der Waals surface area contributed by atoms with Crippen molar-refractivity contribution < 1.29 is 14.3 Å². The van der Waals surface area contributed by atoms with Gasteiger partial charge in [-0.1, -0.05) is 12.8 Å². The average Bonchev–Trinajstić information content (AvgIpc) is 2.73. The van der Waals surface area contributed by atoms with Gasteiger partial charge in [-0.15, -0.1) is 0 Å². The van der Waals surface area contributed by atoms with Crippen LogP contribution in [0.15, 0.2) is 0 Å². The molecular weight excluding hydrogens is 218 g/mol. The lowest BCUT2D eigenvalue weighted by Gasteiger charge is -2.29. The molecule has 1 heterocycles. The van der Waals surface area contributed by atoms with Crippen LogP contribution in [0.5, 0.6) is 0 Å². The molecule has 1 saturated heterocycles. The van der Waals surface area contributed by atoms with Gasteiger partial charge in [0.25, 0.3) is 0 Å². The number of esters is 1. The molecule has 0 aromatic heterocycles. The lowest BCUT2D eigenvalue weighted by Crippen LogP contribution is -2.39. The van der Waals surface area contributed by atoms with E-state index >= 15 is 0 Å². The lowest BCUT2D eigenvalue weighted by molar-refractivity contribution is -0.165. The van der Waals surface area contributed by atoms with E-state index in [1.165, 1.54) is 0 Å². The summed E-state index contributed by atoms with van der Waals surface area (Å²) in [6.45, 7) is 6.13. The van der Waals surface area contributed by atoms with E-state index in [2.05, 4.69) is 5.32 Å². The molecule has 1 spiro atoms. The van der Waals surface area contributed by atoms with Gasteiger partial charge in [-0.3, -0.25) is 9.59 Å². The number of ether oxygens (including phenoxy) is 1. The summed E-state index contributed by atoms with van der Waals surface area (Å²) in [5, 5.41) is 2.83. The molecule has 2 fully saturated rings. The fourth-order valence-corrected chi connectivity index (χ4v) is 3.01. The van der Waals surface area contributed by atoms with Gasteiger partial charge in [0.2, 0.25) is 5.91 Å². The summed E-state index contributed by atoms with van der Waals surface area (Å²) in [7, 11) is 0. The second kappa shape index (κ2) is 4.00. The minimum atomic E-state index is -0.593. The van der Waals surface area contributed by atoms with Crippen molar-refractivity contribution in [3.8, 4) is 0 Å². The molecule has 1 N–H and O–H groups in total. The van der Waals surface area contributed by atoms with Gasteiger partial charge in [0.15, 0.2) is 0 Å². The molecule has 1 atom stereocenters. The normalized spacial score (nSPS) is 27.2. The Hall–Kier alpha value is -1.06. The highest BCUT2D eigenvalue weighted by molar-refractivity contribution is 6.00. The standard InChI is InChI=1S/C13H21NO3/c1-12(2,3)17-11(16)9-10(15)14-8-13(9)6-4-5-7-13/h9H,4-8H2,1-3H3,(H,14,15). The summed E-state index contributed by atoms with van der Waals surface area (Å²) in [5.74, 6) is -1.10. The van der Waals surface area contributed by atoms with Crippen molar-refractivity contribution in [3.05, 3.63) is 0 Å². The Morgan fingerprint density at radius 3 is 2.47 bits per heavy atom. The molecule has 1 aliphatic carbocycles. The van der Waals surface area contributed by atoms with E-state index in [1.807, 2.05) is 20.8 Å². The van der Waals surface area contributed by atoms with Crippen LogP contribution in [0, 0.1) is 11.3 Å². The first-order chi connectivity index (χ1) is 7.84. The third kappa shape index (κ3) is 2.31. The second-order valence-corrected chi connectivity index (χ2v) is 6.25. The number of hydrogen-bond donors (Lipinski definition) is 1. The first-order valence-electron chi connectivity index (χ1n) is 6.35. The topological polar surface area (TPSA) is 55.4 Å². The minimum absolute atomic E-state index is 0.152. The molecule has 4 heteroatoms. The maximum atomic E-state index is 12.1. The Labute approximate surface area is 102 Å². The fraction of sp³-hybridized carbons (Fsp3) is 0.846. The van der Waals surface area contributed by atoms with Crippen molar-refractivity contribution in [2.75, 3.05) is 6.54 Å². The van der Waals surface area contributed by atoms with Gasteiger partial charge >= 0.3 is 5.97 Å². The number of rotatable bonds is 1. The molecule has 1 unspecified atom stereocenters. The molecule has 2 rings (SSSR count). The van der Waals surface area contributed by atoms with E-state index in [0.29, 0.717) is 6.54 Å². The third-order valence-corrected chi connectivity index (χ3v) is 3.73. The quantitative estimate of drug-likeness (QED) is 0.559. The summed E-state index contributed by atoms with van der Waals surface area (Å²) >= 11 is 0. The molecule has 1 amide bonds. The first-order valence-corrected chi connectivity index (χ1v) is 6.35. The van der Waals surface area contributed by atoms with E-state index in [9.17, 15) is 9.59 Å². The van der Waals surface area contributed by atoms with Crippen LogP contribution in [0.4, 0.5) is 0 Å². The predicted molar refractivity (Wildman–Crippen MR) is 63.2 cm³/mol. The van der Waals surface area contributed by atoms with Crippen molar-refractivity contribution >= 4 is 11.9 Å². The largest absolute Gasteiger partial charge is 0.459 e. The van der Waals surface area contributed by atoms with Crippen LogP contribution in [-0.2, 0) is 14.3 Å². The molecule has 0 aromatic carbocycles. The highest BCUT2D eigenvalue weighted by atomic mass is 16.6. The molecule has 96 valence electrons. The van der Waals surface area contributed by atoms with E-state index in [1.54, 1.807) is 0 Å². The van der Waals surface area contributed by atoms with E-state index in [0.717, 1.165) is 25.7 Å². The lowest BCUT2D eigenvalue weighted by atomic mass is 9.76. The SMILES string of the molecule is CC(C)(C)OC(=O)C1C(=O)NCC12CCCC2. The van der Waals surface area contributed by atoms with Gasteiger partial charge < -0.3 is 10.1 Å². The summed E-state index contributed by atoms with van der Waals surface area (Å²) < 4.78 is 5.38. The van der Waals surface area contributed by atoms with Crippen LogP contribution >= 0.6 is 0 Å². The number of nitrogens with one attached hydrogen (secondary N) is 1. The number of carbonyl (C=O) groups is 2. The van der Waals surface area contributed by atoms with Crippen LogP contribution in [0.2, 0.25) is 0 Å². The number of carbonyl (C=O) groups excluding carboxylic acids is 2. The monoisotopic (exact) mass is 239 g/mol. The molecule has 0 aromatic rings. The van der Waals surface area contributed by atoms with E-state index < -0.39 is 11.5 Å². The van der Waals surface area contributed by atoms with Crippen LogP contribution in [0.25, 0.3) is 0 Å². The number of hydrogen-bond acceptors (Lipinski definition) is 3. The first kappa shape index (κ1) is 12.4. The third-order valence-electron chi connectivity index (χ3n) is 3.73. The van der Waals surface area contributed by atoms with Crippen LogP contribution in [-0.4, -0.2) is 24.0 Å². The average molecular weight is 239 g/mol. The van der Waals surface area contributed by atoms with Crippen molar-refractivity contribution in [2.24, 2.45) is 11.3 Å². The van der Waals surface area contributed by atoms with Gasteiger partial charge in [0.1, 0.15) is 11.5 Å². The molecule has 17 heavy (non-hydrogen) atoms. The second-order valence-electron chi connectivity index (χ2n) is 6.25. The van der Waals surface area contributed by atoms with Crippen molar-refractivity contribution in [2.45, 2.75) is 52.1 Å². The Morgan fingerprint density at radius 2 is 1.94 bits per heavy atom. The molecule has 4 nitrogen and oxygen atoms in total. The van der Waals surface area contributed by atoms with Crippen molar-refractivity contribution in [1.82, 2.24) is 5.32 Å². The van der Waals surface area contributed by atoms with E-state index in [4.69, 9.17) is 4.74 Å². The van der Waals surface area contributed by atoms with Gasteiger partial charge in [0, 0.05) is 12.0 Å². The molecule has 2 aliphatic rings. The smallest absolute Gasteiger partial charge is 0.319 e. The van der Waals surface area contributed by atoms with Gasteiger partial charge in [0.05, 0.1) is 0 Å². The van der Waals surface area contributed by atoms with Crippen LogP contribution in [0.3, 0.4) is 0 Å². The van der Waals surface area contributed by atoms with Crippen LogP contribution in [0.1, 0.15) is 46.5 Å². The fourth-order valence-electron chi connectivity index (χ4n) is 3.01. The molecule has 0 radical (unpaired) electrons. The molecular formula is C13H21NO3. The van der Waals surface area contributed by atoms with E-state index in [-0.39, 0.29) is 17.3 Å². The highest BCUT2D eigenvalue weighted by Gasteiger charge is 2.54. The van der Waals surface area contributed by atoms with Crippen molar-refractivity contribution in [3.63, 3.8) is 0 Å². The zero-order valence-electron chi connectivity index (χ0n) is 10.8. The van der Waals surface area contributed by atoms with Crippen LogP contribution < -0.4 is 5.32 Å². The van der Waals surface area contributed by atoms with Crippen molar-refractivity contribution in [1.29, 1.82) is 0 Å². The Bertz CT molecular complexity index is 337. The maximum Gasteiger partial charge on any atom is 0.319 e. The molecule has 1 aliphatic heterocycles. The minimum Gasteiger partial charge on any atom is -0.459 e. The molecule has 0 bridgehead atoms. The maximum absolute atomic E-state index is 12.1. The Morgan fingerprint density at radius 1 is 1.35 bits per heavy atom.